The van der Waals surface area contributed by atoms with Crippen molar-refractivity contribution in [1.29, 1.82) is 0 Å². The van der Waals surface area contributed by atoms with E-state index in [2.05, 4.69) is 21.2 Å². The van der Waals surface area contributed by atoms with Crippen molar-refractivity contribution in [2.45, 2.75) is 38.3 Å². The largest absolute Gasteiger partial charge is 0.355 e. The van der Waals surface area contributed by atoms with Crippen LogP contribution in [0.4, 0.5) is 5.69 Å². The fourth-order valence-corrected chi connectivity index (χ4v) is 6.09. The normalized spacial score (nSPS) is 12.1. The first-order valence-electron chi connectivity index (χ1n) is 11.8. The van der Waals surface area contributed by atoms with Crippen LogP contribution in [0.2, 0.25) is 10.0 Å². The number of carbonyl (C=O) groups is 2. The monoisotopic (exact) mass is 639 g/mol. The summed E-state index contributed by atoms with van der Waals surface area (Å²) in [7, 11) is -4.24. The van der Waals surface area contributed by atoms with Crippen LogP contribution in [0.5, 0.6) is 0 Å². The number of nitrogens with one attached hydrogen (secondary N) is 1. The second kappa shape index (κ2) is 13.0. The Hall–Kier alpha value is -2.59. The minimum Gasteiger partial charge on any atom is -0.355 e. The van der Waals surface area contributed by atoms with E-state index in [1.807, 2.05) is 31.2 Å². The first kappa shape index (κ1) is 30.0. The van der Waals surface area contributed by atoms with E-state index in [0.29, 0.717) is 6.54 Å². The van der Waals surface area contributed by atoms with Crippen LogP contribution in [-0.2, 0) is 26.2 Å². The topological polar surface area (TPSA) is 86.8 Å². The predicted octanol–water partition coefficient (Wildman–Crippen LogP) is 5.81. The molecule has 0 aliphatic rings. The number of likely N-dealkylation sites (N-methyl/N-ethyl adjacent to an activating group) is 1. The van der Waals surface area contributed by atoms with Gasteiger partial charge in [-0.15, -0.1) is 0 Å². The summed E-state index contributed by atoms with van der Waals surface area (Å²) >= 11 is 16.1. The van der Waals surface area contributed by atoms with Crippen molar-refractivity contribution in [3.63, 3.8) is 0 Å². The molecule has 0 saturated carbocycles. The highest BCUT2D eigenvalue weighted by Gasteiger charge is 2.33. The molecule has 0 spiro atoms. The van der Waals surface area contributed by atoms with Crippen LogP contribution in [0.25, 0.3) is 0 Å². The molecule has 0 aliphatic carbocycles. The quantitative estimate of drug-likeness (QED) is 0.303. The summed E-state index contributed by atoms with van der Waals surface area (Å²) in [5.74, 6) is -0.944. The molecule has 0 bridgehead atoms. The lowest BCUT2D eigenvalue weighted by Gasteiger charge is -2.32. The molecule has 3 rings (SSSR count). The molecule has 0 aromatic heterocycles. The van der Waals surface area contributed by atoms with Gasteiger partial charge in [0.25, 0.3) is 10.0 Å². The SMILES string of the molecule is CCNC(=O)[C@H](C)N(Cc1cccc(Br)c1)C(=O)CN(c1cccc(Cl)c1Cl)S(=O)(=O)c1ccc(C)cc1. The van der Waals surface area contributed by atoms with Gasteiger partial charge < -0.3 is 10.2 Å². The highest BCUT2D eigenvalue weighted by Crippen LogP contribution is 2.35. The fraction of sp³-hybridized carbons (Fsp3) is 0.259. The lowest BCUT2D eigenvalue weighted by molar-refractivity contribution is -0.139. The first-order chi connectivity index (χ1) is 17.9. The predicted molar refractivity (Wildman–Crippen MR) is 155 cm³/mol. The second-order valence-corrected chi connectivity index (χ2v) is 12.2. The lowest BCUT2D eigenvalue weighted by atomic mass is 10.1. The molecule has 7 nitrogen and oxygen atoms in total. The zero-order valence-electron chi connectivity index (χ0n) is 21.1. The van der Waals surface area contributed by atoms with Gasteiger partial charge in [-0.3, -0.25) is 13.9 Å². The molecule has 3 aromatic rings. The van der Waals surface area contributed by atoms with Crippen molar-refractivity contribution in [2.75, 3.05) is 17.4 Å². The van der Waals surface area contributed by atoms with Gasteiger partial charge in [-0.2, -0.15) is 0 Å². The molecule has 0 fully saturated rings. The number of nitrogens with zero attached hydrogens (tertiary/aromatic N) is 2. The van der Waals surface area contributed by atoms with Crippen molar-refractivity contribution in [3.05, 3.63) is 92.4 Å². The summed E-state index contributed by atoms with van der Waals surface area (Å²) in [4.78, 5) is 28.0. The molecular weight excluding hydrogens is 613 g/mol. The van der Waals surface area contributed by atoms with Crippen LogP contribution in [0, 0.1) is 6.92 Å². The molecule has 0 aliphatic heterocycles. The van der Waals surface area contributed by atoms with Crippen molar-refractivity contribution in [2.24, 2.45) is 0 Å². The number of aryl methyl sites for hydroxylation is 1. The van der Waals surface area contributed by atoms with Gasteiger partial charge in [0.05, 0.1) is 20.6 Å². The van der Waals surface area contributed by atoms with Crippen LogP contribution in [0.1, 0.15) is 25.0 Å². The summed E-state index contributed by atoms with van der Waals surface area (Å²) in [5, 5.41) is 2.86. The van der Waals surface area contributed by atoms with Crippen molar-refractivity contribution >= 4 is 66.7 Å². The summed E-state index contributed by atoms with van der Waals surface area (Å²) in [5.41, 5.74) is 1.70. The van der Waals surface area contributed by atoms with Gasteiger partial charge in [-0.25, -0.2) is 8.42 Å². The van der Waals surface area contributed by atoms with Gasteiger partial charge in [-0.05, 0) is 62.7 Å². The summed E-state index contributed by atoms with van der Waals surface area (Å²) in [6.45, 7) is 5.09. The molecule has 1 atom stereocenters. The van der Waals surface area contributed by atoms with E-state index >= 15 is 0 Å². The third-order valence-electron chi connectivity index (χ3n) is 5.85. The third kappa shape index (κ3) is 7.08. The zero-order valence-corrected chi connectivity index (χ0v) is 25.0. The van der Waals surface area contributed by atoms with Gasteiger partial charge in [0.2, 0.25) is 11.8 Å². The van der Waals surface area contributed by atoms with E-state index in [0.717, 1.165) is 19.9 Å². The molecule has 0 heterocycles. The molecule has 0 radical (unpaired) electrons. The van der Waals surface area contributed by atoms with Crippen molar-refractivity contribution < 1.29 is 18.0 Å². The van der Waals surface area contributed by atoms with Crippen LogP contribution in [-0.4, -0.2) is 44.3 Å². The maximum absolute atomic E-state index is 13.8. The number of anilines is 1. The van der Waals surface area contributed by atoms with Gasteiger partial charge in [0.1, 0.15) is 12.6 Å². The van der Waals surface area contributed by atoms with Crippen LogP contribution in [0.3, 0.4) is 0 Å². The summed E-state index contributed by atoms with van der Waals surface area (Å²) in [6, 6.07) is 17.3. The standard InChI is InChI=1S/C27H28BrCl2N3O4S/c1-4-31-27(35)19(3)32(16-20-7-5-8-21(28)15-20)25(34)17-33(24-10-6-9-23(29)26(24)30)38(36,37)22-13-11-18(2)12-14-22/h5-15,19H,4,16-17H2,1-3H3,(H,31,35)/t19-/m0/s1. The summed E-state index contributed by atoms with van der Waals surface area (Å²) in [6.07, 6.45) is 0. The Morgan fingerprint density at radius 3 is 2.32 bits per heavy atom. The molecule has 1 N–H and O–H groups in total. The Morgan fingerprint density at radius 1 is 1.03 bits per heavy atom. The van der Waals surface area contributed by atoms with E-state index in [1.165, 1.54) is 29.2 Å². The fourth-order valence-electron chi connectivity index (χ4n) is 3.77. The maximum Gasteiger partial charge on any atom is 0.264 e. The van der Waals surface area contributed by atoms with E-state index in [9.17, 15) is 18.0 Å². The van der Waals surface area contributed by atoms with Crippen LogP contribution < -0.4 is 9.62 Å². The number of rotatable bonds is 10. The number of amides is 2. The Balaban J connectivity index is 2.08. The van der Waals surface area contributed by atoms with E-state index in [-0.39, 0.29) is 33.1 Å². The van der Waals surface area contributed by atoms with Gasteiger partial charge in [0.15, 0.2) is 0 Å². The molecule has 202 valence electrons. The third-order valence-corrected chi connectivity index (χ3v) is 8.92. The second-order valence-electron chi connectivity index (χ2n) is 8.62. The number of hydrogen-bond acceptors (Lipinski definition) is 4. The average molecular weight is 641 g/mol. The number of hydrogen-bond donors (Lipinski definition) is 1. The average Bonchev–Trinajstić information content (AvgIpc) is 2.87. The Labute approximate surface area is 241 Å². The highest BCUT2D eigenvalue weighted by atomic mass is 79.9. The number of benzene rings is 3. The zero-order chi connectivity index (χ0) is 28.0. The molecule has 2 amide bonds. The number of carbonyl (C=O) groups excluding carboxylic acids is 2. The molecule has 11 heteroatoms. The smallest absolute Gasteiger partial charge is 0.264 e. The van der Waals surface area contributed by atoms with Crippen molar-refractivity contribution in [1.82, 2.24) is 10.2 Å². The summed E-state index contributed by atoms with van der Waals surface area (Å²) < 4.78 is 29.4. The minimum absolute atomic E-state index is 0.00651. The van der Waals surface area contributed by atoms with E-state index in [1.54, 1.807) is 32.0 Å². The van der Waals surface area contributed by atoms with Crippen molar-refractivity contribution in [3.8, 4) is 0 Å². The van der Waals surface area contributed by atoms with E-state index < -0.39 is 28.5 Å². The highest BCUT2D eigenvalue weighted by molar-refractivity contribution is 9.10. The number of sulfonamides is 1. The lowest BCUT2D eigenvalue weighted by Crippen LogP contribution is -2.51. The van der Waals surface area contributed by atoms with Crippen LogP contribution in [0.15, 0.2) is 76.1 Å². The van der Waals surface area contributed by atoms with Gasteiger partial charge in [-0.1, -0.05) is 75.0 Å². The van der Waals surface area contributed by atoms with E-state index in [4.69, 9.17) is 23.2 Å². The Morgan fingerprint density at radius 2 is 1.68 bits per heavy atom. The Kier molecular flexibility index (Phi) is 10.2. The number of halogens is 3. The van der Waals surface area contributed by atoms with Gasteiger partial charge >= 0.3 is 0 Å². The molecule has 3 aromatic carbocycles. The molecule has 0 saturated heterocycles. The molecular formula is C27H28BrCl2N3O4S. The van der Waals surface area contributed by atoms with Gasteiger partial charge in [0, 0.05) is 17.6 Å². The Bertz CT molecular complexity index is 1420. The van der Waals surface area contributed by atoms with Crippen LogP contribution >= 0.6 is 39.1 Å². The molecule has 38 heavy (non-hydrogen) atoms. The first-order valence-corrected chi connectivity index (χ1v) is 14.8. The maximum atomic E-state index is 13.8. The molecule has 0 unspecified atom stereocenters. The minimum atomic E-state index is -4.24.